The zero-order valence-corrected chi connectivity index (χ0v) is 13.6. The lowest BCUT2D eigenvalue weighted by Gasteiger charge is -2.32. The summed E-state index contributed by atoms with van der Waals surface area (Å²) in [6.07, 6.45) is 2.09. The number of methoxy groups -OCH3 is 1. The highest BCUT2D eigenvalue weighted by atomic mass is 127. The Balaban J connectivity index is 2.03. The number of carbonyl (C=O) groups excluding carboxylic acids is 1. The first-order chi connectivity index (χ1) is 9.13. The van der Waals surface area contributed by atoms with Crippen LogP contribution in [0.15, 0.2) is 18.2 Å². The van der Waals surface area contributed by atoms with Gasteiger partial charge in [-0.1, -0.05) is 12.1 Å². The van der Waals surface area contributed by atoms with Gasteiger partial charge in [0.1, 0.15) is 0 Å². The van der Waals surface area contributed by atoms with Crippen LogP contribution in [0, 0.1) is 16.4 Å². The number of piperidine rings is 1. The van der Waals surface area contributed by atoms with E-state index in [1.165, 1.54) is 5.56 Å². The van der Waals surface area contributed by atoms with Crippen molar-refractivity contribution in [3.05, 3.63) is 32.9 Å². The fourth-order valence-electron chi connectivity index (χ4n) is 2.52. The molecular formula is C15H20INO2. The smallest absolute Gasteiger partial charge is 0.254 e. The molecule has 1 saturated heterocycles. The average molecular weight is 373 g/mol. The first kappa shape index (κ1) is 14.8. The van der Waals surface area contributed by atoms with Crippen LogP contribution in [-0.4, -0.2) is 37.6 Å². The Morgan fingerprint density at radius 2 is 2.11 bits per heavy atom. The molecule has 4 heteroatoms. The Kier molecular flexibility index (Phi) is 5.21. The predicted octanol–water partition coefficient (Wildman–Crippen LogP) is 3.10. The number of carbonyl (C=O) groups is 1. The molecule has 0 aliphatic carbocycles. The van der Waals surface area contributed by atoms with Gasteiger partial charge in [0.15, 0.2) is 0 Å². The van der Waals surface area contributed by atoms with Crippen LogP contribution in [0.5, 0.6) is 0 Å². The monoisotopic (exact) mass is 373 g/mol. The van der Waals surface area contributed by atoms with Gasteiger partial charge in [-0.2, -0.15) is 0 Å². The first-order valence-electron chi connectivity index (χ1n) is 6.66. The number of rotatable bonds is 3. The average Bonchev–Trinajstić information content (AvgIpc) is 2.42. The predicted molar refractivity (Wildman–Crippen MR) is 84.4 cm³/mol. The van der Waals surface area contributed by atoms with Crippen molar-refractivity contribution >= 4 is 28.5 Å². The quantitative estimate of drug-likeness (QED) is 0.763. The Morgan fingerprint density at radius 3 is 2.74 bits per heavy atom. The van der Waals surface area contributed by atoms with Gasteiger partial charge in [0, 0.05) is 30.4 Å². The summed E-state index contributed by atoms with van der Waals surface area (Å²) in [6, 6.07) is 5.93. The summed E-state index contributed by atoms with van der Waals surface area (Å²) in [5, 5.41) is 0. The van der Waals surface area contributed by atoms with Crippen molar-refractivity contribution in [2.45, 2.75) is 19.8 Å². The minimum absolute atomic E-state index is 0.170. The first-order valence-corrected chi connectivity index (χ1v) is 7.74. The minimum Gasteiger partial charge on any atom is -0.384 e. The van der Waals surface area contributed by atoms with Crippen LogP contribution in [0.25, 0.3) is 0 Å². The molecule has 3 nitrogen and oxygen atoms in total. The number of ether oxygens (including phenoxy) is 1. The SMILES string of the molecule is COCC1CCN(C(=O)c2cccc(C)c2I)CC1. The molecule has 1 amide bonds. The number of hydrogen-bond donors (Lipinski definition) is 0. The van der Waals surface area contributed by atoms with E-state index in [0.717, 1.165) is 41.7 Å². The van der Waals surface area contributed by atoms with Crippen molar-refractivity contribution in [3.63, 3.8) is 0 Å². The van der Waals surface area contributed by atoms with Crippen LogP contribution >= 0.6 is 22.6 Å². The van der Waals surface area contributed by atoms with Gasteiger partial charge in [0.2, 0.25) is 0 Å². The van der Waals surface area contributed by atoms with Gasteiger partial charge in [0.05, 0.1) is 5.56 Å². The molecule has 1 aliphatic rings. The molecule has 0 aromatic heterocycles. The van der Waals surface area contributed by atoms with Crippen molar-refractivity contribution in [1.82, 2.24) is 4.90 Å². The number of amides is 1. The van der Waals surface area contributed by atoms with Gasteiger partial charge in [-0.3, -0.25) is 4.79 Å². The summed E-state index contributed by atoms with van der Waals surface area (Å²) in [4.78, 5) is 14.5. The molecule has 0 bridgehead atoms. The normalized spacial score (nSPS) is 16.7. The van der Waals surface area contributed by atoms with Crippen LogP contribution in [-0.2, 0) is 4.74 Å². The summed E-state index contributed by atoms with van der Waals surface area (Å²) in [6.45, 7) is 4.54. The topological polar surface area (TPSA) is 29.5 Å². The van der Waals surface area contributed by atoms with Crippen LogP contribution in [0.1, 0.15) is 28.8 Å². The molecular weight excluding hydrogens is 353 g/mol. The second-order valence-electron chi connectivity index (χ2n) is 5.13. The summed E-state index contributed by atoms with van der Waals surface area (Å²) in [5.74, 6) is 0.773. The molecule has 104 valence electrons. The third kappa shape index (κ3) is 3.48. The van der Waals surface area contributed by atoms with Gasteiger partial charge in [-0.25, -0.2) is 0 Å². The Morgan fingerprint density at radius 1 is 1.42 bits per heavy atom. The lowest BCUT2D eigenvalue weighted by atomic mass is 9.97. The lowest BCUT2D eigenvalue weighted by molar-refractivity contribution is 0.0612. The molecule has 0 saturated carbocycles. The van der Waals surface area contributed by atoms with Gasteiger partial charge < -0.3 is 9.64 Å². The van der Waals surface area contributed by atoms with E-state index in [0.29, 0.717) is 5.92 Å². The summed E-state index contributed by atoms with van der Waals surface area (Å²) < 4.78 is 6.27. The molecule has 0 N–H and O–H groups in total. The van der Waals surface area contributed by atoms with Crippen LogP contribution in [0.4, 0.5) is 0 Å². The largest absolute Gasteiger partial charge is 0.384 e. The molecule has 2 rings (SSSR count). The zero-order valence-electron chi connectivity index (χ0n) is 11.5. The molecule has 0 spiro atoms. The van der Waals surface area contributed by atoms with Gasteiger partial charge in [0.25, 0.3) is 5.91 Å². The molecule has 1 aromatic carbocycles. The molecule has 1 aliphatic heterocycles. The highest BCUT2D eigenvalue weighted by Gasteiger charge is 2.24. The third-order valence-corrected chi connectivity index (χ3v) is 5.16. The summed E-state index contributed by atoms with van der Waals surface area (Å²) in [5.41, 5.74) is 2.01. The van der Waals surface area contributed by atoms with E-state index in [1.807, 2.05) is 30.0 Å². The van der Waals surface area contributed by atoms with Crippen molar-refractivity contribution in [1.29, 1.82) is 0 Å². The van der Waals surface area contributed by atoms with Crippen molar-refractivity contribution in [2.24, 2.45) is 5.92 Å². The number of nitrogens with zero attached hydrogens (tertiary/aromatic N) is 1. The molecule has 0 radical (unpaired) electrons. The minimum atomic E-state index is 0.170. The number of aryl methyl sites for hydroxylation is 1. The van der Waals surface area contributed by atoms with Crippen LogP contribution in [0.2, 0.25) is 0 Å². The Labute approximate surface area is 128 Å². The molecule has 1 fully saturated rings. The van der Waals surface area contributed by atoms with Gasteiger partial charge in [-0.15, -0.1) is 0 Å². The third-order valence-electron chi connectivity index (χ3n) is 3.73. The lowest BCUT2D eigenvalue weighted by Crippen LogP contribution is -2.39. The van der Waals surface area contributed by atoms with Gasteiger partial charge in [-0.05, 0) is 59.9 Å². The van der Waals surface area contributed by atoms with Gasteiger partial charge >= 0.3 is 0 Å². The molecule has 19 heavy (non-hydrogen) atoms. The van der Waals surface area contributed by atoms with E-state index in [2.05, 4.69) is 22.6 Å². The highest BCUT2D eigenvalue weighted by Crippen LogP contribution is 2.22. The van der Waals surface area contributed by atoms with E-state index in [4.69, 9.17) is 4.74 Å². The zero-order chi connectivity index (χ0) is 13.8. The number of hydrogen-bond acceptors (Lipinski definition) is 2. The number of halogens is 1. The molecule has 1 aromatic rings. The summed E-state index contributed by atoms with van der Waals surface area (Å²) >= 11 is 2.27. The molecule has 1 heterocycles. The molecule has 0 unspecified atom stereocenters. The maximum Gasteiger partial charge on any atom is 0.254 e. The number of likely N-dealkylation sites (tertiary alicyclic amines) is 1. The maximum absolute atomic E-state index is 12.5. The Bertz CT molecular complexity index is 453. The van der Waals surface area contributed by atoms with E-state index >= 15 is 0 Å². The van der Waals surface area contributed by atoms with Crippen molar-refractivity contribution < 1.29 is 9.53 Å². The standard InChI is InChI=1S/C15H20INO2/c1-11-4-3-5-13(14(11)16)15(18)17-8-6-12(7-9-17)10-19-2/h3-5,12H,6-10H2,1-2H3. The van der Waals surface area contributed by atoms with E-state index in [1.54, 1.807) is 7.11 Å². The fourth-order valence-corrected chi connectivity index (χ4v) is 3.11. The van der Waals surface area contributed by atoms with Crippen LogP contribution in [0.3, 0.4) is 0 Å². The highest BCUT2D eigenvalue weighted by molar-refractivity contribution is 14.1. The second-order valence-corrected chi connectivity index (χ2v) is 6.21. The van der Waals surface area contributed by atoms with E-state index in [9.17, 15) is 4.79 Å². The maximum atomic E-state index is 12.5. The Hall–Kier alpha value is -0.620. The van der Waals surface area contributed by atoms with E-state index < -0.39 is 0 Å². The van der Waals surface area contributed by atoms with E-state index in [-0.39, 0.29) is 5.91 Å². The van der Waals surface area contributed by atoms with Crippen molar-refractivity contribution in [3.8, 4) is 0 Å². The number of benzene rings is 1. The van der Waals surface area contributed by atoms with Crippen molar-refractivity contribution in [2.75, 3.05) is 26.8 Å². The second kappa shape index (κ2) is 6.70. The summed E-state index contributed by atoms with van der Waals surface area (Å²) in [7, 11) is 1.74. The fraction of sp³-hybridized carbons (Fsp3) is 0.533. The van der Waals surface area contributed by atoms with Crippen LogP contribution < -0.4 is 0 Å². The molecule has 0 atom stereocenters.